The van der Waals surface area contributed by atoms with Gasteiger partial charge in [0.25, 0.3) is 0 Å². The molecule has 0 saturated carbocycles. The molecule has 3 nitrogen and oxygen atoms in total. The predicted molar refractivity (Wildman–Crippen MR) is 67.1 cm³/mol. The van der Waals surface area contributed by atoms with Gasteiger partial charge in [-0.3, -0.25) is 4.79 Å². The lowest BCUT2D eigenvalue weighted by Gasteiger charge is -2.19. The number of carbonyl (C=O) groups excluding carboxylic acids is 1. The minimum absolute atomic E-state index is 0.250. The van der Waals surface area contributed by atoms with Crippen LogP contribution < -0.4 is 0 Å². The standard InChI is InChI=1S/C14H20O3/c1-5-6-7-8-9-11-16-12-10-13(15)17-14(2,3)4/h5,10-12H2,1-4H3. The summed E-state index contributed by atoms with van der Waals surface area (Å²) in [5.74, 6) is 10.7. The van der Waals surface area contributed by atoms with E-state index in [-0.39, 0.29) is 12.4 Å². The van der Waals surface area contributed by atoms with Crippen molar-refractivity contribution in [1.82, 2.24) is 0 Å². The highest BCUT2D eigenvalue weighted by molar-refractivity contribution is 5.69. The van der Waals surface area contributed by atoms with Crippen LogP contribution in [0.5, 0.6) is 0 Å². The Kier molecular flexibility index (Phi) is 7.93. The minimum Gasteiger partial charge on any atom is -0.460 e. The Bertz CT molecular complexity index is 342. The number of esters is 1. The molecule has 0 atom stereocenters. The van der Waals surface area contributed by atoms with Crippen LogP contribution in [-0.4, -0.2) is 24.8 Å². The third-order valence-corrected chi connectivity index (χ3v) is 1.46. The Morgan fingerprint density at radius 1 is 1.18 bits per heavy atom. The maximum absolute atomic E-state index is 11.3. The van der Waals surface area contributed by atoms with Gasteiger partial charge in [0.1, 0.15) is 12.2 Å². The van der Waals surface area contributed by atoms with Crippen LogP contribution in [0.4, 0.5) is 0 Å². The quantitative estimate of drug-likeness (QED) is 0.426. The van der Waals surface area contributed by atoms with Crippen LogP contribution in [0, 0.1) is 23.7 Å². The molecule has 3 heteroatoms. The summed E-state index contributed by atoms with van der Waals surface area (Å²) in [6.45, 7) is 8.09. The van der Waals surface area contributed by atoms with Crippen molar-refractivity contribution in [3.8, 4) is 23.7 Å². The molecule has 0 saturated heterocycles. The molecule has 0 heterocycles. The van der Waals surface area contributed by atoms with E-state index in [1.54, 1.807) is 0 Å². The lowest BCUT2D eigenvalue weighted by molar-refractivity contribution is -0.155. The van der Waals surface area contributed by atoms with Crippen molar-refractivity contribution >= 4 is 5.97 Å². The molecule has 0 bridgehead atoms. The topological polar surface area (TPSA) is 35.5 Å². The van der Waals surface area contributed by atoms with Gasteiger partial charge in [-0.2, -0.15) is 0 Å². The molecule has 0 N–H and O–H groups in total. The Labute approximate surface area is 104 Å². The van der Waals surface area contributed by atoms with Gasteiger partial charge in [-0.15, -0.1) is 0 Å². The first-order chi connectivity index (χ1) is 7.95. The van der Waals surface area contributed by atoms with E-state index in [2.05, 4.69) is 23.7 Å². The zero-order chi connectivity index (χ0) is 13.1. The molecule has 0 radical (unpaired) electrons. The Balaban J connectivity index is 3.58. The summed E-state index contributed by atoms with van der Waals surface area (Å²) in [6.07, 6.45) is 1.05. The second-order valence-electron chi connectivity index (χ2n) is 4.35. The van der Waals surface area contributed by atoms with Gasteiger partial charge in [-0.1, -0.05) is 18.8 Å². The summed E-state index contributed by atoms with van der Waals surface area (Å²) in [5, 5.41) is 0. The zero-order valence-corrected chi connectivity index (χ0v) is 11.1. The van der Waals surface area contributed by atoms with Crippen molar-refractivity contribution in [1.29, 1.82) is 0 Å². The van der Waals surface area contributed by atoms with E-state index in [4.69, 9.17) is 9.47 Å². The van der Waals surface area contributed by atoms with E-state index in [1.807, 2.05) is 27.7 Å². The minimum atomic E-state index is -0.438. The van der Waals surface area contributed by atoms with Crippen molar-refractivity contribution < 1.29 is 14.3 Å². The van der Waals surface area contributed by atoms with Crippen LogP contribution in [0.3, 0.4) is 0 Å². The third kappa shape index (κ3) is 12.5. The molecular weight excluding hydrogens is 216 g/mol. The van der Waals surface area contributed by atoms with Gasteiger partial charge < -0.3 is 9.47 Å². The highest BCUT2D eigenvalue weighted by Gasteiger charge is 2.15. The van der Waals surface area contributed by atoms with Gasteiger partial charge >= 0.3 is 5.97 Å². The zero-order valence-electron chi connectivity index (χ0n) is 11.1. The molecule has 0 aromatic rings. The van der Waals surface area contributed by atoms with Crippen molar-refractivity contribution in [2.75, 3.05) is 13.2 Å². The first-order valence-electron chi connectivity index (χ1n) is 5.71. The smallest absolute Gasteiger partial charge is 0.308 e. The number of hydrogen-bond acceptors (Lipinski definition) is 3. The van der Waals surface area contributed by atoms with Crippen LogP contribution in [0.1, 0.15) is 40.5 Å². The Morgan fingerprint density at radius 2 is 1.82 bits per heavy atom. The summed E-state index contributed by atoms with van der Waals surface area (Å²) < 4.78 is 10.3. The fourth-order valence-electron chi connectivity index (χ4n) is 0.884. The number of rotatable bonds is 4. The lowest BCUT2D eigenvalue weighted by atomic mass is 10.2. The Morgan fingerprint density at radius 3 is 2.41 bits per heavy atom. The molecule has 94 valence electrons. The fraction of sp³-hybridized carbons (Fsp3) is 0.643. The average molecular weight is 236 g/mol. The largest absolute Gasteiger partial charge is 0.460 e. The van der Waals surface area contributed by atoms with Gasteiger partial charge in [-0.25, -0.2) is 0 Å². The van der Waals surface area contributed by atoms with Crippen molar-refractivity contribution in [3.05, 3.63) is 0 Å². The summed E-state index contributed by atoms with van der Waals surface area (Å²) >= 11 is 0. The molecule has 0 aromatic carbocycles. The SMILES string of the molecule is CCC#CC#CCOCCC(=O)OC(C)(C)C. The predicted octanol–water partition coefficient (Wildman–Crippen LogP) is 2.15. The first-order valence-corrected chi connectivity index (χ1v) is 5.71. The van der Waals surface area contributed by atoms with Gasteiger partial charge in [0.15, 0.2) is 0 Å². The van der Waals surface area contributed by atoms with Crippen molar-refractivity contribution in [2.45, 2.75) is 46.1 Å². The van der Waals surface area contributed by atoms with Crippen LogP contribution in [0.2, 0.25) is 0 Å². The summed E-state index contributed by atoms with van der Waals surface area (Å²) in [7, 11) is 0. The van der Waals surface area contributed by atoms with Gasteiger partial charge in [-0.05, 0) is 32.6 Å². The van der Waals surface area contributed by atoms with Crippen LogP contribution in [0.15, 0.2) is 0 Å². The summed E-state index contributed by atoms with van der Waals surface area (Å²) in [6, 6.07) is 0. The van der Waals surface area contributed by atoms with Crippen molar-refractivity contribution in [3.63, 3.8) is 0 Å². The molecule has 17 heavy (non-hydrogen) atoms. The molecular formula is C14H20O3. The van der Waals surface area contributed by atoms with E-state index in [0.29, 0.717) is 13.2 Å². The maximum Gasteiger partial charge on any atom is 0.308 e. The van der Waals surface area contributed by atoms with E-state index in [0.717, 1.165) is 6.42 Å². The molecule has 0 fully saturated rings. The number of carbonyl (C=O) groups is 1. The van der Waals surface area contributed by atoms with E-state index >= 15 is 0 Å². The molecule has 0 aromatic heterocycles. The molecule has 0 spiro atoms. The van der Waals surface area contributed by atoms with E-state index < -0.39 is 5.60 Å². The molecule has 0 amide bonds. The fourth-order valence-corrected chi connectivity index (χ4v) is 0.884. The number of ether oxygens (including phenoxy) is 2. The molecule has 0 rings (SSSR count). The highest BCUT2D eigenvalue weighted by Crippen LogP contribution is 2.07. The molecule has 0 aliphatic rings. The molecule has 0 unspecified atom stereocenters. The second kappa shape index (κ2) is 8.67. The highest BCUT2D eigenvalue weighted by atomic mass is 16.6. The van der Waals surface area contributed by atoms with Crippen LogP contribution in [-0.2, 0) is 14.3 Å². The van der Waals surface area contributed by atoms with Crippen LogP contribution >= 0.6 is 0 Å². The van der Waals surface area contributed by atoms with Crippen LogP contribution in [0.25, 0.3) is 0 Å². The summed E-state index contributed by atoms with van der Waals surface area (Å²) in [4.78, 5) is 11.3. The average Bonchev–Trinajstić information content (AvgIpc) is 2.19. The monoisotopic (exact) mass is 236 g/mol. The van der Waals surface area contributed by atoms with E-state index in [9.17, 15) is 4.79 Å². The maximum atomic E-state index is 11.3. The van der Waals surface area contributed by atoms with Gasteiger partial charge in [0.05, 0.1) is 13.0 Å². The first kappa shape index (κ1) is 15.6. The van der Waals surface area contributed by atoms with Gasteiger partial charge in [0.2, 0.25) is 0 Å². The molecule has 0 aliphatic heterocycles. The Hall–Kier alpha value is -1.45. The third-order valence-electron chi connectivity index (χ3n) is 1.46. The van der Waals surface area contributed by atoms with Crippen molar-refractivity contribution in [2.24, 2.45) is 0 Å². The number of hydrogen-bond donors (Lipinski definition) is 0. The molecule has 0 aliphatic carbocycles. The lowest BCUT2D eigenvalue weighted by Crippen LogP contribution is -2.24. The van der Waals surface area contributed by atoms with E-state index in [1.165, 1.54) is 0 Å². The summed E-state index contributed by atoms with van der Waals surface area (Å²) in [5.41, 5.74) is -0.438. The second-order valence-corrected chi connectivity index (χ2v) is 4.35. The normalized spacial score (nSPS) is 9.65. The van der Waals surface area contributed by atoms with Gasteiger partial charge in [0, 0.05) is 6.42 Å².